The van der Waals surface area contributed by atoms with E-state index in [9.17, 15) is 10.1 Å². The highest BCUT2D eigenvalue weighted by atomic mass is 35.5. The first kappa shape index (κ1) is 24.2. The number of hydrogen-bond acceptors (Lipinski definition) is 8. The summed E-state index contributed by atoms with van der Waals surface area (Å²) >= 11 is 6.53. The Labute approximate surface area is 207 Å². The number of nitrogens with one attached hydrogen (secondary N) is 1. The van der Waals surface area contributed by atoms with Gasteiger partial charge in [-0.1, -0.05) is 29.8 Å². The van der Waals surface area contributed by atoms with E-state index >= 15 is 0 Å². The number of methoxy groups -OCH3 is 1. The topological polar surface area (TPSA) is 126 Å². The number of nitro benzene ring substituents is 1. The van der Waals surface area contributed by atoms with Gasteiger partial charge in [-0.25, -0.2) is 9.97 Å². The van der Waals surface area contributed by atoms with Gasteiger partial charge in [-0.3, -0.25) is 10.1 Å². The predicted octanol–water partition coefficient (Wildman–Crippen LogP) is 4.44. The molecule has 0 spiro atoms. The number of fused-ring (bicyclic) bond motifs is 1. The number of nitrogen functional groups attached to an aromatic ring is 1. The van der Waals surface area contributed by atoms with Crippen molar-refractivity contribution >= 4 is 39.6 Å². The van der Waals surface area contributed by atoms with Crippen LogP contribution in [0.2, 0.25) is 5.02 Å². The fraction of sp³-hybridized carbons (Fsp3) is 0.250. The third kappa shape index (κ3) is 4.58. The highest BCUT2D eigenvalue weighted by molar-refractivity contribution is 6.33. The minimum absolute atomic E-state index is 0.117. The number of nitrogens with zero attached hydrogens (tertiary/aromatic N) is 5. The molecule has 0 saturated heterocycles. The second-order valence-electron chi connectivity index (χ2n) is 8.36. The van der Waals surface area contributed by atoms with Gasteiger partial charge >= 0.3 is 0 Å². The van der Waals surface area contributed by atoms with E-state index in [0.717, 1.165) is 16.5 Å². The molecule has 2 aromatic carbocycles. The lowest BCUT2D eigenvalue weighted by Gasteiger charge is -2.25. The first-order valence-electron chi connectivity index (χ1n) is 10.8. The van der Waals surface area contributed by atoms with Crippen LogP contribution in [0, 0.1) is 10.1 Å². The maximum Gasteiger partial charge on any atom is 0.295 e. The monoisotopic (exact) mass is 495 g/mol. The summed E-state index contributed by atoms with van der Waals surface area (Å²) < 4.78 is 5.61. The Bertz CT molecular complexity index is 1400. The molecule has 0 amide bonds. The molecular formula is C24H26ClN7O3. The number of ether oxygens (including phenoxy) is 1. The van der Waals surface area contributed by atoms with Crippen LogP contribution >= 0.6 is 11.6 Å². The smallest absolute Gasteiger partial charge is 0.295 e. The molecule has 182 valence electrons. The number of halogens is 1. The number of nitro groups is 1. The summed E-state index contributed by atoms with van der Waals surface area (Å²) in [6.07, 6.45) is 3.31. The van der Waals surface area contributed by atoms with E-state index < -0.39 is 4.92 Å². The Morgan fingerprint density at radius 1 is 1.23 bits per heavy atom. The SMILES string of the molecule is COc1c(N)cc([N+](=O)[O-])c(N(C)CCN(C)C)c1-c1ncc(Cl)c(-c2c[nH]c3ccccc23)n1. The molecule has 0 aliphatic carbocycles. The zero-order chi connectivity index (χ0) is 25.3. The third-order valence-corrected chi connectivity index (χ3v) is 6.01. The molecule has 4 aromatic rings. The van der Waals surface area contributed by atoms with Crippen LogP contribution in [0.4, 0.5) is 17.1 Å². The van der Waals surface area contributed by atoms with Crippen molar-refractivity contribution in [3.05, 3.63) is 57.9 Å². The maximum absolute atomic E-state index is 12.1. The number of benzene rings is 2. The summed E-state index contributed by atoms with van der Waals surface area (Å²) in [4.78, 5) is 27.8. The first-order valence-corrected chi connectivity index (χ1v) is 11.2. The molecule has 0 radical (unpaired) electrons. The average molecular weight is 496 g/mol. The summed E-state index contributed by atoms with van der Waals surface area (Å²) in [5.74, 6) is 0.475. The minimum Gasteiger partial charge on any atom is -0.494 e. The Morgan fingerprint density at radius 3 is 2.66 bits per heavy atom. The molecule has 0 bridgehead atoms. The first-order chi connectivity index (χ1) is 16.7. The predicted molar refractivity (Wildman–Crippen MR) is 139 cm³/mol. The fourth-order valence-corrected chi connectivity index (χ4v) is 4.21. The van der Waals surface area contributed by atoms with Crippen LogP contribution in [0.5, 0.6) is 5.75 Å². The van der Waals surface area contributed by atoms with Crippen molar-refractivity contribution in [2.24, 2.45) is 0 Å². The number of H-pyrrole nitrogens is 1. The van der Waals surface area contributed by atoms with Crippen molar-refractivity contribution in [1.29, 1.82) is 0 Å². The fourth-order valence-electron chi connectivity index (χ4n) is 4.02. The van der Waals surface area contributed by atoms with Crippen LogP contribution < -0.4 is 15.4 Å². The lowest BCUT2D eigenvalue weighted by atomic mass is 10.0. The van der Waals surface area contributed by atoms with Crippen LogP contribution in [0.25, 0.3) is 33.5 Å². The van der Waals surface area contributed by atoms with Gasteiger partial charge in [0.1, 0.15) is 5.69 Å². The zero-order valence-electron chi connectivity index (χ0n) is 19.9. The minimum atomic E-state index is -0.461. The van der Waals surface area contributed by atoms with E-state index in [0.29, 0.717) is 35.1 Å². The van der Waals surface area contributed by atoms with Crippen LogP contribution in [0.15, 0.2) is 42.7 Å². The van der Waals surface area contributed by atoms with Crippen LogP contribution in [0.1, 0.15) is 0 Å². The van der Waals surface area contributed by atoms with Gasteiger partial charge < -0.3 is 25.3 Å². The Morgan fingerprint density at radius 2 is 1.97 bits per heavy atom. The maximum atomic E-state index is 12.1. The van der Waals surface area contributed by atoms with E-state index in [1.165, 1.54) is 19.4 Å². The number of para-hydroxylation sites is 1. The lowest BCUT2D eigenvalue weighted by Crippen LogP contribution is -2.29. The second-order valence-corrected chi connectivity index (χ2v) is 8.77. The van der Waals surface area contributed by atoms with Gasteiger partial charge in [0.05, 0.1) is 40.2 Å². The molecule has 2 heterocycles. The molecule has 0 fully saturated rings. The zero-order valence-corrected chi connectivity index (χ0v) is 20.6. The Balaban J connectivity index is 1.98. The second kappa shape index (κ2) is 9.77. The van der Waals surface area contributed by atoms with Gasteiger partial charge in [0.15, 0.2) is 11.6 Å². The highest BCUT2D eigenvalue weighted by Crippen LogP contribution is 2.47. The molecule has 0 aliphatic rings. The van der Waals surface area contributed by atoms with Gasteiger partial charge in [-0.2, -0.15) is 0 Å². The van der Waals surface area contributed by atoms with E-state index in [1.54, 1.807) is 11.9 Å². The number of aromatic nitrogens is 3. The molecule has 2 aromatic heterocycles. The van der Waals surface area contributed by atoms with Crippen molar-refractivity contribution in [3.8, 4) is 28.4 Å². The van der Waals surface area contributed by atoms with Crippen molar-refractivity contribution in [2.75, 3.05) is 52.0 Å². The molecule has 35 heavy (non-hydrogen) atoms. The van der Waals surface area contributed by atoms with Gasteiger partial charge in [-0.15, -0.1) is 0 Å². The summed E-state index contributed by atoms with van der Waals surface area (Å²) in [7, 11) is 7.10. The number of hydrogen-bond donors (Lipinski definition) is 2. The normalized spacial score (nSPS) is 11.3. The molecule has 0 unspecified atom stereocenters. The summed E-state index contributed by atoms with van der Waals surface area (Å²) in [6.45, 7) is 1.18. The summed E-state index contributed by atoms with van der Waals surface area (Å²) in [6, 6.07) is 9.09. The third-order valence-electron chi connectivity index (χ3n) is 5.74. The van der Waals surface area contributed by atoms with E-state index in [2.05, 4.69) is 9.97 Å². The van der Waals surface area contributed by atoms with Crippen molar-refractivity contribution in [3.63, 3.8) is 0 Å². The standard InChI is InChI=1S/C24H26ClN7O3/c1-30(2)9-10-31(3)22-19(32(33)34)11-17(26)23(35-4)20(22)24-28-13-16(25)21(29-24)15-12-27-18-8-6-5-7-14(15)18/h5-8,11-13,27H,9-10,26H2,1-4H3. The Kier molecular flexibility index (Phi) is 6.77. The molecule has 10 nitrogen and oxygen atoms in total. The largest absolute Gasteiger partial charge is 0.494 e. The molecule has 0 aliphatic heterocycles. The van der Waals surface area contributed by atoms with Gasteiger partial charge in [0.25, 0.3) is 5.69 Å². The summed E-state index contributed by atoms with van der Waals surface area (Å²) in [5, 5.41) is 13.3. The van der Waals surface area contributed by atoms with Crippen LogP contribution in [-0.4, -0.2) is 66.1 Å². The van der Waals surface area contributed by atoms with Crippen LogP contribution in [-0.2, 0) is 0 Å². The Hall–Kier alpha value is -3.89. The van der Waals surface area contributed by atoms with Gasteiger partial charge in [0, 0.05) is 48.9 Å². The number of likely N-dealkylation sites (N-methyl/N-ethyl adjacent to an activating group) is 2. The van der Waals surface area contributed by atoms with Gasteiger partial charge in [0.2, 0.25) is 0 Å². The van der Waals surface area contributed by atoms with E-state index in [4.69, 9.17) is 27.1 Å². The van der Waals surface area contributed by atoms with E-state index in [-0.39, 0.29) is 22.9 Å². The van der Waals surface area contributed by atoms with Crippen molar-refractivity contribution in [1.82, 2.24) is 19.9 Å². The number of rotatable bonds is 8. The average Bonchev–Trinajstić information content (AvgIpc) is 3.26. The quantitative estimate of drug-likeness (QED) is 0.208. The molecule has 0 atom stereocenters. The van der Waals surface area contributed by atoms with Crippen molar-refractivity contribution < 1.29 is 9.66 Å². The molecule has 11 heteroatoms. The van der Waals surface area contributed by atoms with Crippen LogP contribution in [0.3, 0.4) is 0 Å². The number of aromatic amines is 1. The van der Waals surface area contributed by atoms with E-state index in [1.807, 2.05) is 49.5 Å². The van der Waals surface area contributed by atoms with Gasteiger partial charge in [-0.05, 0) is 20.2 Å². The molecule has 0 saturated carbocycles. The summed E-state index contributed by atoms with van der Waals surface area (Å²) in [5.41, 5.74) is 9.00. The molecular weight excluding hydrogens is 470 g/mol. The number of nitrogens with two attached hydrogens (primary N) is 1. The highest BCUT2D eigenvalue weighted by Gasteiger charge is 2.30. The lowest BCUT2D eigenvalue weighted by molar-refractivity contribution is -0.384. The molecule has 3 N–H and O–H groups in total. The number of anilines is 2. The van der Waals surface area contributed by atoms with Crippen molar-refractivity contribution in [2.45, 2.75) is 0 Å². The molecule has 4 rings (SSSR count).